The van der Waals surface area contributed by atoms with Crippen molar-refractivity contribution in [2.45, 2.75) is 45.3 Å². The molecule has 1 aromatic rings. The maximum atomic E-state index is 12.0. The van der Waals surface area contributed by atoms with Crippen molar-refractivity contribution in [3.05, 3.63) is 33.8 Å². The van der Waals surface area contributed by atoms with E-state index in [0.717, 1.165) is 11.1 Å². The molecule has 2 rings (SSSR count). The Hall–Kier alpha value is -0.420. The minimum atomic E-state index is -1.07. The highest BCUT2D eigenvalue weighted by molar-refractivity contribution is 7.84. The Morgan fingerprint density at radius 2 is 2.11 bits per heavy atom. The van der Waals surface area contributed by atoms with Crippen molar-refractivity contribution in [3.63, 3.8) is 0 Å². The number of nitrogens with one attached hydrogen (secondary N) is 1. The van der Waals surface area contributed by atoms with Crippen molar-refractivity contribution in [2.24, 2.45) is 0 Å². The molecule has 0 radical (unpaired) electrons. The summed E-state index contributed by atoms with van der Waals surface area (Å²) in [4.78, 5) is 0. The third kappa shape index (κ3) is 3.12. The molecule has 1 N–H and O–H groups in total. The second-order valence-corrected chi connectivity index (χ2v) is 7.88. The van der Waals surface area contributed by atoms with E-state index in [-0.39, 0.29) is 4.75 Å². The third-order valence-electron chi connectivity index (χ3n) is 2.85. The van der Waals surface area contributed by atoms with Gasteiger partial charge in [0.05, 0.1) is 28.9 Å². The van der Waals surface area contributed by atoms with E-state index >= 15 is 0 Å². The van der Waals surface area contributed by atoms with Gasteiger partial charge < -0.3 is 4.74 Å². The number of halogens is 1. The molecule has 3 nitrogen and oxygen atoms in total. The van der Waals surface area contributed by atoms with Gasteiger partial charge >= 0.3 is 0 Å². The number of benzene rings is 1. The summed E-state index contributed by atoms with van der Waals surface area (Å²) in [7, 11) is -1.07. The molecule has 18 heavy (non-hydrogen) atoms. The van der Waals surface area contributed by atoms with E-state index in [2.05, 4.69) is 4.72 Å². The molecule has 0 bridgehead atoms. The number of hydrogen-bond donors (Lipinski definition) is 1. The largest absolute Gasteiger partial charge is 0.372 e. The minimum Gasteiger partial charge on any atom is -0.372 e. The molecule has 1 atom stereocenters. The number of hydrogen-bond acceptors (Lipinski definition) is 2. The van der Waals surface area contributed by atoms with Gasteiger partial charge in [-0.2, -0.15) is 0 Å². The van der Waals surface area contributed by atoms with Gasteiger partial charge in [0.25, 0.3) is 0 Å². The van der Waals surface area contributed by atoms with E-state index in [1.807, 2.05) is 32.9 Å². The zero-order chi connectivity index (χ0) is 13.3. The van der Waals surface area contributed by atoms with Crippen LogP contribution in [0.3, 0.4) is 0 Å². The topological polar surface area (TPSA) is 38.3 Å². The fourth-order valence-corrected chi connectivity index (χ4v) is 2.83. The summed E-state index contributed by atoms with van der Waals surface area (Å²) in [5, 5.41) is 0.706. The number of fused-ring (bicyclic) bond motifs is 1. The van der Waals surface area contributed by atoms with Crippen LogP contribution in [0.15, 0.2) is 12.1 Å². The predicted molar refractivity (Wildman–Crippen MR) is 74.7 cm³/mol. The zero-order valence-electron chi connectivity index (χ0n) is 10.9. The molecular formula is C13H18ClNO2S. The van der Waals surface area contributed by atoms with Gasteiger partial charge in [-0.15, -0.1) is 0 Å². The van der Waals surface area contributed by atoms with Crippen LogP contribution in [0.1, 0.15) is 37.5 Å². The minimum absolute atomic E-state index is 0.266. The van der Waals surface area contributed by atoms with E-state index in [0.29, 0.717) is 24.8 Å². The van der Waals surface area contributed by atoms with Crippen LogP contribution in [0.2, 0.25) is 5.02 Å². The van der Waals surface area contributed by atoms with Crippen molar-refractivity contribution >= 4 is 22.6 Å². The lowest BCUT2D eigenvalue weighted by molar-refractivity contribution is 0.134. The monoisotopic (exact) mass is 287 g/mol. The Balaban J connectivity index is 2.13. The summed E-state index contributed by atoms with van der Waals surface area (Å²) in [5.74, 6) is 0. The van der Waals surface area contributed by atoms with Crippen LogP contribution in [-0.2, 0) is 35.5 Å². The Bertz CT molecular complexity index is 483. The molecule has 0 unspecified atom stereocenters. The van der Waals surface area contributed by atoms with Gasteiger partial charge in [0, 0.05) is 11.6 Å². The lowest BCUT2D eigenvalue weighted by atomic mass is 10.0. The first kappa shape index (κ1) is 14.0. The first-order valence-electron chi connectivity index (χ1n) is 5.91. The summed E-state index contributed by atoms with van der Waals surface area (Å²) >= 11 is 6.07. The highest BCUT2D eigenvalue weighted by atomic mass is 35.5. The van der Waals surface area contributed by atoms with E-state index in [1.54, 1.807) is 0 Å². The van der Waals surface area contributed by atoms with Gasteiger partial charge in [0.2, 0.25) is 0 Å². The molecule has 1 heterocycles. The molecule has 0 aliphatic carbocycles. The van der Waals surface area contributed by atoms with Crippen molar-refractivity contribution in [2.75, 3.05) is 0 Å². The van der Waals surface area contributed by atoms with Crippen LogP contribution in [0.25, 0.3) is 0 Å². The second kappa shape index (κ2) is 5.29. The van der Waals surface area contributed by atoms with Crippen molar-refractivity contribution in [1.29, 1.82) is 0 Å². The fraction of sp³-hybridized carbons (Fsp3) is 0.538. The van der Waals surface area contributed by atoms with Gasteiger partial charge in [0.1, 0.15) is 0 Å². The molecule has 0 aromatic heterocycles. The first-order chi connectivity index (χ1) is 8.38. The van der Waals surface area contributed by atoms with Crippen molar-refractivity contribution in [1.82, 2.24) is 4.72 Å². The van der Waals surface area contributed by atoms with Crippen LogP contribution in [-0.4, -0.2) is 8.96 Å². The van der Waals surface area contributed by atoms with Crippen LogP contribution in [0.4, 0.5) is 0 Å². The molecule has 5 heteroatoms. The van der Waals surface area contributed by atoms with E-state index in [9.17, 15) is 4.21 Å². The summed E-state index contributed by atoms with van der Waals surface area (Å²) in [6, 6.07) is 3.86. The molecule has 0 fully saturated rings. The normalized spacial score (nSPS) is 16.7. The third-order valence-corrected chi connectivity index (χ3v) is 4.59. The van der Waals surface area contributed by atoms with Gasteiger partial charge in [-0.3, -0.25) is 0 Å². The smallest absolute Gasteiger partial charge is 0.0973 e. The van der Waals surface area contributed by atoms with Crippen LogP contribution in [0.5, 0.6) is 0 Å². The summed E-state index contributed by atoms with van der Waals surface area (Å²) < 4.78 is 20.2. The quantitative estimate of drug-likeness (QED) is 0.928. The van der Waals surface area contributed by atoms with Crippen molar-refractivity contribution < 1.29 is 8.95 Å². The maximum Gasteiger partial charge on any atom is 0.0973 e. The molecule has 0 amide bonds. The lowest BCUT2D eigenvalue weighted by Crippen LogP contribution is -2.33. The molecule has 1 aliphatic rings. The SMILES string of the molecule is CC(C)(C)[S@](=O)NCc1cc(Cl)cc2c1COC2. The van der Waals surface area contributed by atoms with Gasteiger partial charge in [-0.1, -0.05) is 11.6 Å². The molecule has 0 saturated heterocycles. The van der Waals surface area contributed by atoms with E-state index in [1.165, 1.54) is 5.56 Å². The van der Waals surface area contributed by atoms with Gasteiger partial charge in [0.15, 0.2) is 0 Å². The number of ether oxygens (including phenoxy) is 1. The summed E-state index contributed by atoms with van der Waals surface area (Å²) in [5.41, 5.74) is 3.39. The Labute approximate surface area is 115 Å². The maximum absolute atomic E-state index is 12.0. The average Bonchev–Trinajstić information content (AvgIpc) is 2.71. The zero-order valence-corrected chi connectivity index (χ0v) is 12.5. The average molecular weight is 288 g/mol. The Kier molecular flexibility index (Phi) is 4.11. The predicted octanol–water partition coefficient (Wildman–Crippen LogP) is 2.92. The first-order valence-corrected chi connectivity index (χ1v) is 7.44. The van der Waals surface area contributed by atoms with Crippen LogP contribution < -0.4 is 4.72 Å². The van der Waals surface area contributed by atoms with Crippen molar-refractivity contribution in [3.8, 4) is 0 Å². The highest BCUT2D eigenvalue weighted by Crippen LogP contribution is 2.27. The van der Waals surface area contributed by atoms with E-state index < -0.39 is 11.0 Å². The molecule has 0 saturated carbocycles. The molecule has 100 valence electrons. The summed E-state index contributed by atoms with van der Waals surface area (Å²) in [6.07, 6.45) is 0. The van der Waals surface area contributed by atoms with Gasteiger partial charge in [-0.05, 0) is 49.6 Å². The molecular weight excluding hydrogens is 270 g/mol. The second-order valence-electron chi connectivity index (χ2n) is 5.40. The Morgan fingerprint density at radius 1 is 1.39 bits per heavy atom. The number of rotatable bonds is 3. The fourth-order valence-electron chi connectivity index (χ4n) is 1.85. The van der Waals surface area contributed by atoms with Gasteiger partial charge in [-0.25, -0.2) is 8.93 Å². The van der Waals surface area contributed by atoms with Crippen LogP contribution >= 0.6 is 11.6 Å². The Morgan fingerprint density at radius 3 is 2.78 bits per heavy atom. The summed E-state index contributed by atoms with van der Waals surface area (Å²) in [6.45, 7) is 7.62. The molecule has 1 aromatic carbocycles. The van der Waals surface area contributed by atoms with E-state index in [4.69, 9.17) is 16.3 Å². The highest BCUT2D eigenvalue weighted by Gasteiger charge is 2.21. The molecule has 0 spiro atoms. The van der Waals surface area contributed by atoms with Crippen LogP contribution in [0, 0.1) is 0 Å². The lowest BCUT2D eigenvalue weighted by Gasteiger charge is -2.18. The standard InChI is InChI=1S/C13H18ClNO2S/c1-13(2,3)18(16)15-6-9-4-11(14)5-10-7-17-8-12(9)10/h4-5,15H,6-8H2,1-3H3/t18-/m0/s1. The molecule has 1 aliphatic heterocycles.